The summed E-state index contributed by atoms with van der Waals surface area (Å²) in [6.45, 7) is 5.34. The van der Waals surface area contributed by atoms with E-state index in [0.717, 1.165) is 0 Å². The lowest BCUT2D eigenvalue weighted by Gasteiger charge is -2.21. The number of rotatable bonds is 6. The van der Waals surface area contributed by atoms with Gasteiger partial charge in [-0.15, -0.1) is 0 Å². The number of carbonyl (C=O) groups excluding carboxylic acids is 2. The van der Waals surface area contributed by atoms with Crippen molar-refractivity contribution >= 4 is 12.4 Å². The van der Waals surface area contributed by atoms with Crippen LogP contribution in [0.1, 0.15) is 20.8 Å². The van der Waals surface area contributed by atoms with Crippen LogP contribution in [0.3, 0.4) is 0 Å². The molecule has 16 heavy (non-hydrogen) atoms. The zero-order chi connectivity index (χ0) is 12.6. The SMILES string of the molecule is COCOCC(C=O)NC(=O)OC(C)(C)C. The van der Waals surface area contributed by atoms with Gasteiger partial charge in [-0.1, -0.05) is 0 Å². The van der Waals surface area contributed by atoms with Gasteiger partial charge in [0.25, 0.3) is 0 Å². The quantitative estimate of drug-likeness (QED) is 0.415. The molecule has 0 rings (SSSR count). The van der Waals surface area contributed by atoms with Gasteiger partial charge in [0.05, 0.1) is 6.61 Å². The zero-order valence-electron chi connectivity index (χ0n) is 10.1. The summed E-state index contributed by atoms with van der Waals surface area (Å²) < 4.78 is 14.6. The second-order valence-electron chi connectivity index (χ2n) is 4.17. The van der Waals surface area contributed by atoms with Gasteiger partial charge in [-0.2, -0.15) is 0 Å². The maximum Gasteiger partial charge on any atom is 0.408 e. The molecule has 0 bridgehead atoms. The van der Waals surface area contributed by atoms with Crippen LogP contribution in [0.25, 0.3) is 0 Å². The highest BCUT2D eigenvalue weighted by Gasteiger charge is 2.19. The molecule has 1 unspecified atom stereocenters. The van der Waals surface area contributed by atoms with E-state index >= 15 is 0 Å². The Hall–Kier alpha value is -1.14. The molecule has 0 fully saturated rings. The minimum absolute atomic E-state index is 0.0522. The fourth-order valence-corrected chi connectivity index (χ4v) is 0.832. The van der Waals surface area contributed by atoms with Gasteiger partial charge in [-0.25, -0.2) is 4.79 Å². The minimum atomic E-state index is -0.731. The van der Waals surface area contributed by atoms with E-state index in [9.17, 15) is 9.59 Å². The first-order valence-corrected chi connectivity index (χ1v) is 4.90. The third-order valence-corrected chi connectivity index (χ3v) is 1.36. The Bertz CT molecular complexity index is 224. The Morgan fingerprint density at radius 2 is 2.06 bits per heavy atom. The molecule has 0 aromatic heterocycles. The van der Waals surface area contributed by atoms with Crippen LogP contribution in [0.5, 0.6) is 0 Å². The monoisotopic (exact) mass is 233 g/mol. The van der Waals surface area contributed by atoms with Gasteiger partial charge in [0.15, 0.2) is 0 Å². The van der Waals surface area contributed by atoms with Crippen molar-refractivity contribution in [2.24, 2.45) is 0 Å². The summed E-state index contributed by atoms with van der Waals surface area (Å²) in [6, 6.07) is -0.731. The average molecular weight is 233 g/mol. The van der Waals surface area contributed by atoms with E-state index in [1.165, 1.54) is 7.11 Å². The van der Waals surface area contributed by atoms with E-state index in [0.29, 0.717) is 6.29 Å². The Morgan fingerprint density at radius 1 is 1.44 bits per heavy atom. The minimum Gasteiger partial charge on any atom is -0.444 e. The summed E-state index contributed by atoms with van der Waals surface area (Å²) in [5.41, 5.74) is -0.592. The van der Waals surface area contributed by atoms with Crippen molar-refractivity contribution in [1.29, 1.82) is 0 Å². The van der Waals surface area contributed by atoms with E-state index < -0.39 is 17.7 Å². The summed E-state index contributed by atoms with van der Waals surface area (Å²) in [4.78, 5) is 21.9. The molecule has 0 heterocycles. The molecule has 6 heteroatoms. The van der Waals surface area contributed by atoms with E-state index in [1.54, 1.807) is 20.8 Å². The van der Waals surface area contributed by atoms with Gasteiger partial charge in [-0.05, 0) is 20.8 Å². The van der Waals surface area contributed by atoms with Crippen molar-refractivity contribution in [2.75, 3.05) is 20.5 Å². The standard InChI is InChI=1S/C10H19NO5/c1-10(2,3)16-9(13)11-8(5-12)6-15-7-14-4/h5,8H,6-7H2,1-4H3,(H,11,13). The third-order valence-electron chi connectivity index (χ3n) is 1.36. The maximum absolute atomic E-state index is 11.3. The van der Waals surface area contributed by atoms with Crippen LogP contribution in [-0.2, 0) is 19.0 Å². The van der Waals surface area contributed by atoms with Crippen LogP contribution in [-0.4, -0.2) is 44.5 Å². The Morgan fingerprint density at radius 3 is 2.50 bits per heavy atom. The first-order valence-electron chi connectivity index (χ1n) is 4.90. The average Bonchev–Trinajstić information content (AvgIpc) is 2.13. The second kappa shape index (κ2) is 7.19. The predicted octanol–water partition coefficient (Wildman–Crippen LogP) is 0.699. The van der Waals surface area contributed by atoms with Crippen molar-refractivity contribution in [3.8, 4) is 0 Å². The molecular formula is C10H19NO5. The first kappa shape index (κ1) is 14.9. The fourth-order valence-electron chi connectivity index (χ4n) is 0.832. The normalized spacial score (nSPS) is 13.0. The van der Waals surface area contributed by atoms with Gasteiger partial charge in [0.1, 0.15) is 24.7 Å². The van der Waals surface area contributed by atoms with Crippen molar-refractivity contribution in [3.63, 3.8) is 0 Å². The fraction of sp³-hybridized carbons (Fsp3) is 0.800. The van der Waals surface area contributed by atoms with Crippen LogP contribution >= 0.6 is 0 Å². The highest BCUT2D eigenvalue weighted by atomic mass is 16.7. The molecule has 0 saturated carbocycles. The highest BCUT2D eigenvalue weighted by molar-refractivity contribution is 5.73. The number of ether oxygens (including phenoxy) is 3. The summed E-state index contributed by atoms with van der Waals surface area (Å²) >= 11 is 0. The Labute approximate surface area is 95.2 Å². The number of carbonyl (C=O) groups is 2. The maximum atomic E-state index is 11.3. The van der Waals surface area contributed by atoms with Crippen LogP contribution in [0.4, 0.5) is 4.79 Å². The largest absolute Gasteiger partial charge is 0.444 e. The van der Waals surface area contributed by atoms with E-state index in [4.69, 9.17) is 9.47 Å². The van der Waals surface area contributed by atoms with Crippen molar-refractivity contribution in [2.45, 2.75) is 32.4 Å². The molecule has 0 aromatic rings. The van der Waals surface area contributed by atoms with Crippen LogP contribution < -0.4 is 5.32 Å². The third kappa shape index (κ3) is 8.19. The number of amides is 1. The smallest absolute Gasteiger partial charge is 0.408 e. The summed E-state index contributed by atoms with van der Waals surface area (Å²) in [6.07, 6.45) is -0.0647. The molecule has 1 atom stereocenters. The van der Waals surface area contributed by atoms with Crippen molar-refractivity contribution in [3.05, 3.63) is 0 Å². The van der Waals surface area contributed by atoms with E-state index in [2.05, 4.69) is 10.1 Å². The van der Waals surface area contributed by atoms with Crippen LogP contribution in [0.15, 0.2) is 0 Å². The van der Waals surface area contributed by atoms with Gasteiger partial charge >= 0.3 is 6.09 Å². The number of aldehydes is 1. The van der Waals surface area contributed by atoms with Gasteiger partial charge in [0.2, 0.25) is 0 Å². The molecular weight excluding hydrogens is 214 g/mol. The Balaban J connectivity index is 3.92. The van der Waals surface area contributed by atoms with E-state index in [1.807, 2.05) is 0 Å². The summed E-state index contributed by atoms with van der Waals surface area (Å²) in [5, 5.41) is 2.37. The molecule has 1 amide bonds. The predicted molar refractivity (Wildman–Crippen MR) is 57.0 cm³/mol. The lowest BCUT2D eigenvalue weighted by molar-refractivity contribution is -0.112. The number of hydrogen-bond acceptors (Lipinski definition) is 5. The lowest BCUT2D eigenvalue weighted by atomic mass is 10.2. The lowest BCUT2D eigenvalue weighted by Crippen LogP contribution is -2.42. The molecule has 0 saturated heterocycles. The second-order valence-corrected chi connectivity index (χ2v) is 4.17. The van der Waals surface area contributed by atoms with Crippen molar-refractivity contribution < 1.29 is 23.8 Å². The molecule has 0 aromatic carbocycles. The Kier molecular flexibility index (Phi) is 6.67. The van der Waals surface area contributed by atoms with Crippen LogP contribution in [0.2, 0.25) is 0 Å². The zero-order valence-corrected chi connectivity index (χ0v) is 10.1. The van der Waals surface area contributed by atoms with Crippen molar-refractivity contribution in [1.82, 2.24) is 5.32 Å². The number of methoxy groups -OCH3 is 1. The molecule has 6 nitrogen and oxygen atoms in total. The van der Waals surface area contributed by atoms with Crippen LogP contribution in [0, 0.1) is 0 Å². The molecule has 0 aliphatic rings. The first-order chi connectivity index (χ1) is 7.39. The highest BCUT2D eigenvalue weighted by Crippen LogP contribution is 2.06. The topological polar surface area (TPSA) is 73.9 Å². The number of hydrogen-bond donors (Lipinski definition) is 1. The molecule has 94 valence electrons. The molecule has 0 aliphatic carbocycles. The molecule has 1 N–H and O–H groups in total. The molecule has 0 radical (unpaired) electrons. The van der Waals surface area contributed by atoms with Gasteiger partial charge in [0, 0.05) is 7.11 Å². The molecule has 0 aliphatic heterocycles. The number of nitrogens with one attached hydrogen (secondary N) is 1. The van der Waals surface area contributed by atoms with E-state index in [-0.39, 0.29) is 13.4 Å². The molecule has 0 spiro atoms. The summed E-state index contributed by atoms with van der Waals surface area (Å²) in [5.74, 6) is 0. The number of alkyl carbamates (subject to hydrolysis) is 1. The summed E-state index contributed by atoms with van der Waals surface area (Å²) in [7, 11) is 1.47. The van der Waals surface area contributed by atoms with Gasteiger partial charge in [-0.3, -0.25) is 0 Å². The van der Waals surface area contributed by atoms with Gasteiger partial charge < -0.3 is 24.3 Å².